The highest BCUT2D eigenvalue weighted by molar-refractivity contribution is 7.99. The summed E-state index contributed by atoms with van der Waals surface area (Å²) in [5, 5.41) is 2.77. The van der Waals surface area contributed by atoms with Crippen molar-refractivity contribution in [2.75, 3.05) is 11.5 Å². The summed E-state index contributed by atoms with van der Waals surface area (Å²) in [4.78, 5) is 16.4. The van der Waals surface area contributed by atoms with Crippen LogP contribution < -0.4 is 10.0 Å². The molecule has 0 aliphatic carbocycles. The van der Waals surface area contributed by atoms with Gasteiger partial charge in [-0.1, -0.05) is 12.1 Å². The number of benzene rings is 1. The number of thioether (sulfide) groups is 1. The Morgan fingerprint density at radius 2 is 2.16 bits per heavy atom. The van der Waals surface area contributed by atoms with E-state index in [0.29, 0.717) is 12.1 Å². The van der Waals surface area contributed by atoms with Gasteiger partial charge < -0.3 is 5.32 Å². The predicted molar refractivity (Wildman–Crippen MR) is 97.9 cm³/mol. The zero-order valence-electron chi connectivity index (χ0n) is 13.5. The van der Waals surface area contributed by atoms with Crippen molar-refractivity contribution >= 4 is 27.7 Å². The van der Waals surface area contributed by atoms with Crippen molar-refractivity contribution in [2.45, 2.75) is 23.9 Å². The van der Waals surface area contributed by atoms with Gasteiger partial charge in [-0.3, -0.25) is 9.78 Å². The van der Waals surface area contributed by atoms with E-state index in [4.69, 9.17) is 0 Å². The molecule has 0 radical (unpaired) electrons. The molecule has 2 heterocycles. The van der Waals surface area contributed by atoms with Crippen LogP contribution in [0.3, 0.4) is 0 Å². The summed E-state index contributed by atoms with van der Waals surface area (Å²) in [6.07, 6.45) is 4.16. The molecule has 1 saturated heterocycles. The summed E-state index contributed by atoms with van der Waals surface area (Å²) in [6.45, 7) is 0.335. The van der Waals surface area contributed by atoms with Crippen LogP contribution >= 0.6 is 11.8 Å². The van der Waals surface area contributed by atoms with Gasteiger partial charge in [-0.15, -0.1) is 0 Å². The van der Waals surface area contributed by atoms with Crippen LogP contribution in [-0.2, 0) is 16.6 Å². The molecule has 1 aromatic carbocycles. The lowest BCUT2D eigenvalue weighted by atomic mass is 10.2. The van der Waals surface area contributed by atoms with E-state index < -0.39 is 10.0 Å². The van der Waals surface area contributed by atoms with Gasteiger partial charge in [-0.2, -0.15) is 11.8 Å². The smallest absolute Gasteiger partial charge is 0.251 e. The maximum Gasteiger partial charge on any atom is 0.251 e. The fourth-order valence-electron chi connectivity index (χ4n) is 2.51. The van der Waals surface area contributed by atoms with Crippen LogP contribution in [0.5, 0.6) is 0 Å². The average molecular weight is 377 g/mol. The Kier molecular flexibility index (Phi) is 5.72. The second-order valence-corrected chi connectivity index (χ2v) is 8.62. The standard InChI is InChI=1S/C17H19N3O3S2/c21-17(19-11-13-3-2-7-18-10-13)14-4-1-5-16(9-14)25(22,23)20-15-6-8-24-12-15/h1-5,7,9-10,15,20H,6,8,11-12H2,(H,19,21)/t15-/m1/s1. The lowest BCUT2D eigenvalue weighted by Gasteiger charge is -2.13. The van der Waals surface area contributed by atoms with E-state index in [1.54, 1.807) is 42.4 Å². The molecule has 1 fully saturated rings. The summed E-state index contributed by atoms with van der Waals surface area (Å²) < 4.78 is 27.7. The third-order valence-electron chi connectivity index (χ3n) is 3.83. The van der Waals surface area contributed by atoms with Crippen molar-refractivity contribution in [2.24, 2.45) is 0 Å². The van der Waals surface area contributed by atoms with E-state index in [0.717, 1.165) is 23.5 Å². The normalized spacial score (nSPS) is 17.4. The lowest BCUT2D eigenvalue weighted by Crippen LogP contribution is -2.34. The number of hydrogen-bond donors (Lipinski definition) is 2. The first-order valence-corrected chi connectivity index (χ1v) is 10.6. The summed E-state index contributed by atoms with van der Waals surface area (Å²) >= 11 is 1.73. The fourth-order valence-corrected chi connectivity index (χ4v) is 5.08. The molecular formula is C17H19N3O3S2. The molecule has 25 heavy (non-hydrogen) atoms. The van der Waals surface area contributed by atoms with E-state index in [-0.39, 0.29) is 16.8 Å². The first kappa shape index (κ1) is 17.9. The molecule has 6 nitrogen and oxygen atoms in total. The largest absolute Gasteiger partial charge is 0.348 e. The number of hydrogen-bond acceptors (Lipinski definition) is 5. The van der Waals surface area contributed by atoms with Crippen molar-refractivity contribution in [3.8, 4) is 0 Å². The van der Waals surface area contributed by atoms with Crippen LogP contribution in [0, 0.1) is 0 Å². The van der Waals surface area contributed by atoms with Gasteiger partial charge in [0.15, 0.2) is 0 Å². The number of carbonyl (C=O) groups excluding carboxylic acids is 1. The molecule has 0 unspecified atom stereocenters. The van der Waals surface area contributed by atoms with Gasteiger partial charge in [0.1, 0.15) is 0 Å². The second kappa shape index (κ2) is 7.99. The summed E-state index contributed by atoms with van der Waals surface area (Å²) in [5.41, 5.74) is 1.19. The monoisotopic (exact) mass is 377 g/mol. The van der Waals surface area contributed by atoms with Crippen LogP contribution in [0.4, 0.5) is 0 Å². The molecule has 0 saturated carbocycles. The van der Waals surface area contributed by atoms with Crippen LogP contribution in [-0.4, -0.2) is 36.9 Å². The minimum atomic E-state index is -3.62. The van der Waals surface area contributed by atoms with Crippen molar-refractivity contribution in [3.05, 3.63) is 59.9 Å². The van der Waals surface area contributed by atoms with E-state index in [1.807, 2.05) is 6.07 Å². The molecule has 1 amide bonds. The molecule has 1 atom stereocenters. The molecule has 3 rings (SSSR count). The molecule has 2 aromatic rings. The van der Waals surface area contributed by atoms with Gasteiger partial charge in [0.25, 0.3) is 5.91 Å². The molecule has 1 aromatic heterocycles. The molecule has 8 heteroatoms. The molecule has 2 N–H and O–H groups in total. The molecule has 0 bridgehead atoms. The van der Waals surface area contributed by atoms with Crippen LogP contribution in [0.25, 0.3) is 0 Å². The topological polar surface area (TPSA) is 88.2 Å². The maximum absolute atomic E-state index is 12.5. The quantitative estimate of drug-likeness (QED) is 0.801. The highest BCUT2D eigenvalue weighted by Gasteiger charge is 2.23. The lowest BCUT2D eigenvalue weighted by molar-refractivity contribution is 0.0950. The third kappa shape index (κ3) is 4.81. The molecule has 1 aliphatic heterocycles. The highest BCUT2D eigenvalue weighted by atomic mass is 32.2. The third-order valence-corrected chi connectivity index (χ3v) is 6.51. The minimum Gasteiger partial charge on any atom is -0.348 e. The summed E-state index contributed by atoms with van der Waals surface area (Å²) in [6, 6.07) is 9.70. The van der Waals surface area contributed by atoms with Gasteiger partial charge in [-0.25, -0.2) is 13.1 Å². The number of amides is 1. The van der Waals surface area contributed by atoms with Crippen LogP contribution in [0.15, 0.2) is 53.7 Å². The van der Waals surface area contributed by atoms with Gasteiger partial charge in [-0.05, 0) is 42.0 Å². The molecule has 1 aliphatic rings. The van der Waals surface area contributed by atoms with E-state index in [2.05, 4.69) is 15.0 Å². The molecule has 132 valence electrons. The summed E-state index contributed by atoms with van der Waals surface area (Å²) in [7, 11) is -3.62. The zero-order chi connectivity index (χ0) is 17.7. The van der Waals surface area contributed by atoms with Crippen molar-refractivity contribution in [1.29, 1.82) is 0 Å². The number of carbonyl (C=O) groups is 1. The van der Waals surface area contributed by atoms with E-state index >= 15 is 0 Å². The summed E-state index contributed by atoms with van der Waals surface area (Å²) in [5.74, 6) is 1.42. The Bertz CT molecular complexity index is 835. The zero-order valence-corrected chi connectivity index (χ0v) is 15.1. The van der Waals surface area contributed by atoms with E-state index in [9.17, 15) is 13.2 Å². The highest BCUT2D eigenvalue weighted by Crippen LogP contribution is 2.20. The first-order chi connectivity index (χ1) is 12.0. The molecular weight excluding hydrogens is 358 g/mol. The number of nitrogens with zero attached hydrogens (tertiary/aromatic N) is 1. The number of rotatable bonds is 6. The average Bonchev–Trinajstić information content (AvgIpc) is 3.13. The Labute approximate surface area is 151 Å². The maximum atomic E-state index is 12.5. The Hall–Kier alpha value is -1.90. The number of pyridine rings is 1. The van der Waals surface area contributed by atoms with Gasteiger partial charge in [0, 0.05) is 36.3 Å². The predicted octanol–water partition coefficient (Wildman–Crippen LogP) is 1.80. The second-order valence-electron chi connectivity index (χ2n) is 5.75. The number of nitrogens with one attached hydrogen (secondary N) is 2. The Morgan fingerprint density at radius 3 is 2.88 bits per heavy atom. The van der Waals surface area contributed by atoms with Gasteiger partial charge >= 0.3 is 0 Å². The van der Waals surface area contributed by atoms with E-state index in [1.165, 1.54) is 12.1 Å². The van der Waals surface area contributed by atoms with Crippen molar-refractivity contribution in [3.63, 3.8) is 0 Å². The Morgan fingerprint density at radius 1 is 1.28 bits per heavy atom. The van der Waals surface area contributed by atoms with Crippen molar-refractivity contribution < 1.29 is 13.2 Å². The van der Waals surface area contributed by atoms with Crippen molar-refractivity contribution in [1.82, 2.24) is 15.0 Å². The first-order valence-electron chi connectivity index (χ1n) is 7.92. The van der Waals surface area contributed by atoms with Gasteiger partial charge in [0.2, 0.25) is 10.0 Å². The minimum absolute atomic E-state index is 0.0435. The Balaban J connectivity index is 1.68. The fraction of sp³-hybridized carbons (Fsp3) is 0.294. The number of aromatic nitrogens is 1. The van der Waals surface area contributed by atoms with Crippen LogP contribution in [0.1, 0.15) is 22.3 Å². The van der Waals surface area contributed by atoms with Crippen LogP contribution in [0.2, 0.25) is 0 Å². The van der Waals surface area contributed by atoms with Gasteiger partial charge in [0.05, 0.1) is 4.90 Å². The SMILES string of the molecule is O=C(NCc1cccnc1)c1cccc(S(=O)(=O)N[C@@H]2CCSC2)c1. The molecule has 0 spiro atoms. The number of sulfonamides is 1.